The van der Waals surface area contributed by atoms with E-state index < -0.39 is 5.97 Å². The molecule has 3 aromatic rings. The first-order valence-electron chi connectivity index (χ1n) is 9.00. The molecule has 1 amide bonds. The molecule has 0 atom stereocenters. The third-order valence-electron chi connectivity index (χ3n) is 4.32. The Balaban J connectivity index is 1.89. The van der Waals surface area contributed by atoms with Crippen LogP contribution >= 0.6 is 11.3 Å². The van der Waals surface area contributed by atoms with E-state index in [1.807, 2.05) is 62.4 Å². The molecule has 5 nitrogen and oxygen atoms in total. The number of carbonyl (C=O) groups is 2. The van der Waals surface area contributed by atoms with Crippen molar-refractivity contribution >= 4 is 39.6 Å². The molecule has 0 aliphatic rings. The monoisotopic (exact) mass is 394 g/mol. The molecule has 2 aromatic carbocycles. The van der Waals surface area contributed by atoms with Gasteiger partial charge in [0.25, 0.3) is 5.91 Å². The summed E-state index contributed by atoms with van der Waals surface area (Å²) in [7, 11) is 0. The van der Waals surface area contributed by atoms with Gasteiger partial charge >= 0.3 is 5.97 Å². The number of thiophene rings is 1. The average Bonchev–Trinajstić information content (AvgIpc) is 2.96. The molecular formula is C22H22N2O3S. The summed E-state index contributed by atoms with van der Waals surface area (Å²) < 4.78 is 5.16. The normalized spacial score (nSPS) is 10.4. The van der Waals surface area contributed by atoms with Crippen LogP contribution in [0.4, 0.5) is 16.4 Å². The third kappa shape index (κ3) is 4.23. The molecule has 0 bridgehead atoms. The van der Waals surface area contributed by atoms with Crippen LogP contribution < -0.4 is 10.6 Å². The standard InChI is InChI=1S/C22H22N2O3S/c1-4-27-22(26)19-14(2)15(3)28-21(19)24-20(25)17-12-8-9-13-18(17)23-16-10-6-5-7-11-16/h5-13,23H,4H2,1-3H3,(H,24,25). The lowest BCUT2D eigenvalue weighted by atomic mass is 10.1. The first-order valence-corrected chi connectivity index (χ1v) is 9.82. The van der Waals surface area contributed by atoms with E-state index >= 15 is 0 Å². The maximum atomic E-state index is 13.0. The average molecular weight is 394 g/mol. The number of hydrogen-bond donors (Lipinski definition) is 2. The minimum Gasteiger partial charge on any atom is -0.462 e. The highest BCUT2D eigenvalue weighted by atomic mass is 32.1. The van der Waals surface area contributed by atoms with Crippen molar-refractivity contribution < 1.29 is 14.3 Å². The van der Waals surface area contributed by atoms with Crippen molar-refractivity contribution in [2.24, 2.45) is 0 Å². The van der Waals surface area contributed by atoms with E-state index in [1.165, 1.54) is 11.3 Å². The van der Waals surface area contributed by atoms with Gasteiger partial charge in [-0.25, -0.2) is 4.79 Å². The zero-order chi connectivity index (χ0) is 20.1. The topological polar surface area (TPSA) is 67.4 Å². The van der Waals surface area contributed by atoms with Gasteiger partial charge in [-0.3, -0.25) is 4.79 Å². The number of ether oxygens (including phenoxy) is 1. The Morgan fingerprint density at radius 1 is 1.00 bits per heavy atom. The van der Waals surface area contributed by atoms with Crippen molar-refractivity contribution in [3.05, 3.63) is 76.2 Å². The molecule has 0 saturated heterocycles. The quantitative estimate of drug-likeness (QED) is 0.539. The molecule has 0 radical (unpaired) electrons. The Morgan fingerprint density at radius 3 is 2.39 bits per heavy atom. The minimum atomic E-state index is -0.421. The number of benzene rings is 2. The van der Waals surface area contributed by atoms with Gasteiger partial charge in [-0.2, -0.15) is 0 Å². The lowest BCUT2D eigenvalue weighted by Gasteiger charge is -2.12. The molecule has 0 aliphatic heterocycles. The molecule has 0 fully saturated rings. The zero-order valence-electron chi connectivity index (χ0n) is 16.0. The number of esters is 1. The van der Waals surface area contributed by atoms with Gasteiger partial charge in [-0.05, 0) is 50.6 Å². The van der Waals surface area contributed by atoms with Crippen molar-refractivity contribution in [1.82, 2.24) is 0 Å². The van der Waals surface area contributed by atoms with Crippen molar-refractivity contribution in [2.45, 2.75) is 20.8 Å². The molecule has 1 aromatic heterocycles. The molecule has 6 heteroatoms. The zero-order valence-corrected chi connectivity index (χ0v) is 16.9. The van der Waals surface area contributed by atoms with Crippen LogP contribution in [0.25, 0.3) is 0 Å². The van der Waals surface area contributed by atoms with Gasteiger partial charge in [-0.1, -0.05) is 30.3 Å². The fraction of sp³-hybridized carbons (Fsp3) is 0.182. The second-order valence-corrected chi connectivity index (χ2v) is 7.42. The van der Waals surface area contributed by atoms with Crippen molar-refractivity contribution in [3.8, 4) is 0 Å². The number of anilines is 3. The second-order valence-electron chi connectivity index (χ2n) is 6.20. The van der Waals surface area contributed by atoms with Crippen molar-refractivity contribution in [3.63, 3.8) is 0 Å². The molecule has 0 aliphatic carbocycles. The fourth-order valence-corrected chi connectivity index (χ4v) is 3.85. The highest BCUT2D eigenvalue weighted by Crippen LogP contribution is 2.34. The predicted molar refractivity (Wildman–Crippen MR) is 114 cm³/mol. The molecule has 0 saturated carbocycles. The second kappa shape index (κ2) is 8.71. The summed E-state index contributed by atoms with van der Waals surface area (Å²) in [6.07, 6.45) is 0. The fourth-order valence-electron chi connectivity index (χ4n) is 2.80. The lowest BCUT2D eigenvalue weighted by Crippen LogP contribution is -2.16. The summed E-state index contributed by atoms with van der Waals surface area (Å²) in [4.78, 5) is 26.3. The van der Waals surface area contributed by atoms with Gasteiger partial charge in [0.1, 0.15) is 5.00 Å². The number of aryl methyl sites for hydroxylation is 1. The van der Waals surface area contributed by atoms with E-state index in [2.05, 4.69) is 10.6 Å². The van der Waals surface area contributed by atoms with Gasteiger partial charge in [0.05, 0.1) is 23.4 Å². The van der Waals surface area contributed by atoms with Crippen molar-refractivity contribution in [2.75, 3.05) is 17.2 Å². The van der Waals surface area contributed by atoms with Gasteiger partial charge in [-0.15, -0.1) is 11.3 Å². The van der Waals surface area contributed by atoms with Crippen LogP contribution in [0.2, 0.25) is 0 Å². The predicted octanol–water partition coefficient (Wildman–Crippen LogP) is 5.54. The Morgan fingerprint density at radius 2 is 1.68 bits per heavy atom. The van der Waals surface area contributed by atoms with E-state index in [4.69, 9.17) is 4.74 Å². The van der Waals surface area contributed by atoms with Gasteiger partial charge < -0.3 is 15.4 Å². The van der Waals surface area contributed by atoms with E-state index in [1.54, 1.807) is 13.0 Å². The van der Waals surface area contributed by atoms with Crippen LogP contribution in [0.15, 0.2) is 54.6 Å². The summed E-state index contributed by atoms with van der Waals surface area (Å²) in [6.45, 7) is 5.82. The third-order valence-corrected chi connectivity index (χ3v) is 5.44. The molecule has 28 heavy (non-hydrogen) atoms. The number of carbonyl (C=O) groups excluding carboxylic acids is 2. The van der Waals surface area contributed by atoms with Gasteiger partial charge in [0.2, 0.25) is 0 Å². The molecule has 1 heterocycles. The number of amides is 1. The largest absolute Gasteiger partial charge is 0.462 e. The van der Waals surface area contributed by atoms with Crippen molar-refractivity contribution in [1.29, 1.82) is 0 Å². The SMILES string of the molecule is CCOC(=O)c1c(NC(=O)c2ccccc2Nc2ccccc2)sc(C)c1C. The van der Waals surface area contributed by atoms with Crippen LogP contribution in [-0.4, -0.2) is 18.5 Å². The summed E-state index contributed by atoms with van der Waals surface area (Å²) >= 11 is 1.37. The van der Waals surface area contributed by atoms with E-state index in [0.717, 1.165) is 16.1 Å². The Kier molecular flexibility index (Phi) is 6.11. The van der Waals surface area contributed by atoms with Crippen LogP contribution in [0, 0.1) is 13.8 Å². The molecule has 144 valence electrons. The Hall–Kier alpha value is -3.12. The molecule has 0 spiro atoms. The van der Waals surface area contributed by atoms with E-state index in [9.17, 15) is 9.59 Å². The van der Waals surface area contributed by atoms with Crippen LogP contribution in [-0.2, 0) is 4.74 Å². The lowest BCUT2D eigenvalue weighted by molar-refractivity contribution is 0.0527. The molecular weight excluding hydrogens is 372 g/mol. The van der Waals surface area contributed by atoms with Gasteiger partial charge in [0, 0.05) is 10.6 Å². The van der Waals surface area contributed by atoms with Crippen LogP contribution in [0.1, 0.15) is 38.1 Å². The molecule has 2 N–H and O–H groups in total. The van der Waals surface area contributed by atoms with Crippen LogP contribution in [0.3, 0.4) is 0 Å². The summed E-state index contributed by atoms with van der Waals surface area (Å²) in [5.41, 5.74) is 3.32. The summed E-state index contributed by atoms with van der Waals surface area (Å²) in [5.74, 6) is -0.707. The number of para-hydroxylation sites is 2. The smallest absolute Gasteiger partial charge is 0.341 e. The molecule has 3 rings (SSSR count). The first kappa shape index (κ1) is 19.6. The summed E-state index contributed by atoms with van der Waals surface area (Å²) in [6, 6.07) is 16.9. The number of rotatable bonds is 6. The maximum absolute atomic E-state index is 13.0. The maximum Gasteiger partial charge on any atom is 0.341 e. The number of hydrogen-bond acceptors (Lipinski definition) is 5. The highest BCUT2D eigenvalue weighted by Gasteiger charge is 2.23. The van der Waals surface area contributed by atoms with Crippen LogP contribution in [0.5, 0.6) is 0 Å². The first-order chi connectivity index (χ1) is 13.5. The Bertz CT molecular complexity index is 996. The highest BCUT2D eigenvalue weighted by molar-refractivity contribution is 7.16. The minimum absolute atomic E-state index is 0.282. The molecule has 0 unspecified atom stereocenters. The van der Waals surface area contributed by atoms with Gasteiger partial charge in [0.15, 0.2) is 0 Å². The van der Waals surface area contributed by atoms with E-state index in [0.29, 0.717) is 21.8 Å². The number of nitrogens with one attached hydrogen (secondary N) is 2. The summed E-state index contributed by atoms with van der Waals surface area (Å²) in [5, 5.41) is 6.66. The van der Waals surface area contributed by atoms with E-state index in [-0.39, 0.29) is 12.5 Å². The Labute approximate surface area is 168 Å².